The topological polar surface area (TPSA) is 27.7 Å². The molecule has 70 valence electrons. The maximum absolute atomic E-state index is 5.54. The summed E-state index contributed by atoms with van der Waals surface area (Å²) in [5, 5.41) is 0. The molecule has 1 unspecified atom stereocenters. The van der Waals surface area contributed by atoms with Crippen LogP contribution in [-0.4, -0.2) is 32.2 Å². The van der Waals surface area contributed by atoms with E-state index < -0.39 is 0 Å². The number of hydrogen-bond acceptors (Lipinski definition) is 3. The fraction of sp³-hybridized carbons (Fsp3) is 1.00. The summed E-state index contributed by atoms with van der Waals surface area (Å²) in [6.07, 6.45) is 4.57. The Bertz CT molecular complexity index is 124. The monoisotopic (exact) mass is 172 g/mol. The van der Waals surface area contributed by atoms with Crippen LogP contribution < -0.4 is 0 Å². The van der Waals surface area contributed by atoms with Crippen LogP contribution in [-0.2, 0) is 14.2 Å². The van der Waals surface area contributed by atoms with Gasteiger partial charge in [-0.05, 0) is 25.7 Å². The van der Waals surface area contributed by atoms with Crippen molar-refractivity contribution >= 4 is 0 Å². The van der Waals surface area contributed by atoms with E-state index in [0.717, 1.165) is 45.5 Å². The zero-order chi connectivity index (χ0) is 8.23. The van der Waals surface area contributed by atoms with Crippen molar-refractivity contribution in [2.75, 3.05) is 19.8 Å². The molecular weight excluding hydrogens is 156 g/mol. The Labute approximate surface area is 73.0 Å². The number of ether oxygens (including phenoxy) is 3. The molecular formula is C9H16O3. The lowest BCUT2D eigenvalue weighted by Crippen LogP contribution is -2.30. The molecule has 0 aliphatic carbocycles. The van der Waals surface area contributed by atoms with E-state index in [1.165, 1.54) is 0 Å². The smallest absolute Gasteiger partial charge is 0.183 e. The van der Waals surface area contributed by atoms with Gasteiger partial charge in [-0.3, -0.25) is 0 Å². The zero-order valence-corrected chi connectivity index (χ0v) is 7.33. The van der Waals surface area contributed by atoms with E-state index in [4.69, 9.17) is 14.2 Å². The van der Waals surface area contributed by atoms with Gasteiger partial charge in [-0.25, -0.2) is 0 Å². The third kappa shape index (κ3) is 1.97. The van der Waals surface area contributed by atoms with Crippen molar-refractivity contribution < 1.29 is 14.2 Å². The van der Waals surface area contributed by atoms with Crippen LogP contribution in [0.3, 0.4) is 0 Å². The molecule has 2 saturated heterocycles. The Morgan fingerprint density at radius 1 is 0.750 bits per heavy atom. The fourth-order valence-electron chi connectivity index (χ4n) is 1.68. The van der Waals surface area contributed by atoms with Gasteiger partial charge in [0.1, 0.15) is 6.10 Å². The number of hydrogen-bond donors (Lipinski definition) is 0. The molecule has 0 saturated carbocycles. The molecule has 12 heavy (non-hydrogen) atoms. The lowest BCUT2D eigenvalue weighted by atomic mass is 10.2. The summed E-state index contributed by atoms with van der Waals surface area (Å²) < 4.78 is 16.6. The Morgan fingerprint density at radius 2 is 1.42 bits per heavy atom. The van der Waals surface area contributed by atoms with Crippen molar-refractivity contribution in [1.82, 2.24) is 0 Å². The Hall–Kier alpha value is -0.120. The van der Waals surface area contributed by atoms with Crippen LogP contribution in [0.1, 0.15) is 25.7 Å². The van der Waals surface area contributed by atoms with Crippen molar-refractivity contribution in [2.24, 2.45) is 0 Å². The van der Waals surface area contributed by atoms with Crippen LogP contribution in [0.15, 0.2) is 0 Å². The largest absolute Gasteiger partial charge is 0.373 e. The second-order valence-corrected chi connectivity index (χ2v) is 3.37. The third-order valence-electron chi connectivity index (χ3n) is 2.37. The first-order chi connectivity index (χ1) is 5.97. The summed E-state index contributed by atoms with van der Waals surface area (Å²) in [6.45, 7) is 2.52. The predicted octanol–water partition coefficient (Wildman–Crippen LogP) is 1.32. The normalized spacial score (nSPS) is 33.5. The lowest BCUT2D eigenvalue weighted by molar-refractivity contribution is -0.184. The molecule has 2 rings (SSSR count). The maximum Gasteiger partial charge on any atom is 0.183 e. The standard InChI is InChI=1S/C9H16O3/c1-2-6-12-9(11-5-1)8-4-3-7-10-8/h8-9H,1-7H2. The molecule has 0 aromatic heterocycles. The first-order valence-electron chi connectivity index (χ1n) is 4.81. The van der Waals surface area contributed by atoms with Crippen LogP contribution in [0.25, 0.3) is 0 Å². The molecule has 0 aromatic carbocycles. The first kappa shape index (κ1) is 8.48. The van der Waals surface area contributed by atoms with E-state index in [0.29, 0.717) is 0 Å². The van der Waals surface area contributed by atoms with Crippen LogP contribution in [0.4, 0.5) is 0 Å². The van der Waals surface area contributed by atoms with E-state index in [2.05, 4.69) is 0 Å². The van der Waals surface area contributed by atoms with E-state index in [1.54, 1.807) is 0 Å². The molecule has 0 amide bonds. The van der Waals surface area contributed by atoms with Gasteiger partial charge in [-0.15, -0.1) is 0 Å². The first-order valence-corrected chi connectivity index (χ1v) is 4.81. The van der Waals surface area contributed by atoms with Gasteiger partial charge >= 0.3 is 0 Å². The Balaban J connectivity index is 1.83. The minimum absolute atomic E-state index is 0.0880. The summed E-state index contributed by atoms with van der Waals surface area (Å²) >= 11 is 0. The van der Waals surface area contributed by atoms with E-state index in [1.807, 2.05) is 0 Å². The highest BCUT2D eigenvalue weighted by Crippen LogP contribution is 2.20. The van der Waals surface area contributed by atoms with Gasteiger partial charge in [-0.2, -0.15) is 0 Å². The summed E-state index contributed by atoms with van der Waals surface area (Å²) in [4.78, 5) is 0. The highest BCUT2D eigenvalue weighted by molar-refractivity contribution is 4.69. The Kier molecular flexibility index (Phi) is 2.98. The van der Waals surface area contributed by atoms with Gasteiger partial charge in [0, 0.05) is 19.8 Å². The molecule has 2 fully saturated rings. The third-order valence-corrected chi connectivity index (χ3v) is 2.37. The van der Waals surface area contributed by atoms with Gasteiger partial charge in [-0.1, -0.05) is 0 Å². The second kappa shape index (κ2) is 4.21. The summed E-state index contributed by atoms with van der Waals surface area (Å²) in [5.74, 6) is 0. The molecule has 2 aliphatic heterocycles. The average molecular weight is 172 g/mol. The van der Waals surface area contributed by atoms with Crippen LogP contribution >= 0.6 is 0 Å². The Morgan fingerprint density at radius 3 is 2.00 bits per heavy atom. The summed E-state index contributed by atoms with van der Waals surface area (Å²) in [7, 11) is 0. The molecule has 2 heterocycles. The van der Waals surface area contributed by atoms with E-state index >= 15 is 0 Å². The van der Waals surface area contributed by atoms with Gasteiger partial charge in [0.2, 0.25) is 0 Å². The van der Waals surface area contributed by atoms with Gasteiger partial charge in [0.05, 0.1) is 0 Å². The van der Waals surface area contributed by atoms with Gasteiger partial charge < -0.3 is 14.2 Å². The molecule has 2 aliphatic rings. The van der Waals surface area contributed by atoms with Crippen LogP contribution in [0.2, 0.25) is 0 Å². The number of rotatable bonds is 1. The van der Waals surface area contributed by atoms with Crippen molar-refractivity contribution in [3.8, 4) is 0 Å². The summed E-state index contributed by atoms with van der Waals surface area (Å²) in [5.41, 5.74) is 0. The SMILES string of the molecule is C1CCOC(C2CCCO2)OC1. The van der Waals surface area contributed by atoms with Gasteiger partial charge in [0.15, 0.2) is 6.29 Å². The quantitative estimate of drug-likeness (QED) is 0.597. The van der Waals surface area contributed by atoms with Crippen molar-refractivity contribution in [2.45, 2.75) is 38.1 Å². The van der Waals surface area contributed by atoms with E-state index in [9.17, 15) is 0 Å². The van der Waals surface area contributed by atoms with Crippen LogP contribution in [0.5, 0.6) is 0 Å². The molecule has 3 heteroatoms. The molecule has 0 N–H and O–H groups in total. The highest BCUT2D eigenvalue weighted by atomic mass is 16.7. The van der Waals surface area contributed by atoms with Crippen molar-refractivity contribution in [1.29, 1.82) is 0 Å². The highest BCUT2D eigenvalue weighted by Gasteiger charge is 2.28. The summed E-state index contributed by atoms with van der Waals surface area (Å²) in [6, 6.07) is 0. The van der Waals surface area contributed by atoms with Crippen molar-refractivity contribution in [3.63, 3.8) is 0 Å². The average Bonchev–Trinajstić information content (AvgIpc) is 2.48. The van der Waals surface area contributed by atoms with Gasteiger partial charge in [0.25, 0.3) is 0 Å². The molecule has 0 spiro atoms. The second-order valence-electron chi connectivity index (χ2n) is 3.37. The minimum Gasteiger partial charge on any atom is -0.373 e. The maximum atomic E-state index is 5.54. The van der Waals surface area contributed by atoms with Crippen molar-refractivity contribution in [3.05, 3.63) is 0 Å². The molecule has 0 bridgehead atoms. The molecule has 0 radical (unpaired) electrons. The van der Waals surface area contributed by atoms with E-state index in [-0.39, 0.29) is 12.4 Å². The predicted molar refractivity (Wildman–Crippen MR) is 43.9 cm³/mol. The molecule has 1 atom stereocenters. The minimum atomic E-state index is -0.0880. The van der Waals surface area contributed by atoms with Crippen LogP contribution in [0, 0.1) is 0 Å². The fourth-order valence-corrected chi connectivity index (χ4v) is 1.68. The zero-order valence-electron chi connectivity index (χ0n) is 7.33. The lowest BCUT2D eigenvalue weighted by Gasteiger charge is -2.20. The molecule has 3 nitrogen and oxygen atoms in total. The molecule has 0 aromatic rings.